The van der Waals surface area contributed by atoms with Gasteiger partial charge in [-0.05, 0) is 206 Å². The topological polar surface area (TPSA) is 6.48 Å². The maximum absolute atomic E-state index is 2.42. The maximum Gasteiger partial charge on any atom is 0.0714 e. The Balaban J connectivity index is 0.000000144. The van der Waals surface area contributed by atoms with Crippen molar-refractivity contribution >= 4 is 97.1 Å². The lowest BCUT2D eigenvalue weighted by Gasteiger charge is -2.33. The summed E-state index contributed by atoms with van der Waals surface area (Å²) in [7, 11) is 0. The maximum atomic E-state index is 2.42. The van der Waals surface area contributed by atoms with Crippen molar-refractivity contribution in [3.63, 3.8) is 0 Å². The number of rotatable bonds is 12. The molecule has 0 aliphatic heterocycles. The Hall–Kier alpha value is -14.0. The summed E-state index contributed by atoms with van der Waals surface area (Å²) in [5.41, 5.74) is 40.5. The van der Waals surface area contributed by atoms with Crippen molar-refractivity contribution in [3.8, 4) is 89.0 Å². The van der Waals surface area contributed by atoms with Gasteiger partial charge in [0, 0.05) is 102 Å². The molecule has 2 heterocycles. The Morgan fingerprint density at radius 2 is 0.467 bits per heavy atom. The molecule has 18 aromatic carbocycles. The predicted octanol–water partition coefficient (Wildman–Crippen LogP) is 33.0. The Bertz CT molecular complexity index is 7500. The average molecular weight is 1600 g/mol. The zero-order chi connectivity index (χ0) is 81.7. The number of hydrogen-bond acceptors (Lipinski definition) is 4. The molecule has 2 nitrogen and oxygen atoms in total. The summed E-state index contributed by atoms with van der Waals surface area (Å²) in [6, 6.07) is 153. The highest BCUT2D eigenvalue weighted by molar-refractivity contribution is 7.27. The molecule has 0 radical (unpaired) electrons. The molecule has 24 rings (SSSR count). The summed E-state index contributed by atoms with van der Waals surface area (Å²) in [4.78, 5) is 4.84. The number of thiophene rings is 2. The number of nitrogens with zero attached hydrogens (tertiary/aromatic N) is 2. The number of anilines is 6. The first-order chi connectivity index (χ1) is 59.8. The number of hydrogen-bond donors (Lipinski definition) is 0. The van der Waals surface area contributed by atoms with E-state index in [0.717, 1.165) is 34.1 Å². The molecule has 580 valence electrons. The van der Waals surface area contributed by atoms with Gasteiger partial charge in [0.2, 0.25) is 0 Å². The summed E-state index contributed by atoms with van der Waals surface area (Å²) in [6.07, 6.45) is 0. The van der Waals surface area contributed by atoms with Crippen molar-refractivity contribution in [2.45, 2.75) is 63.2 Å². The number of fused-ring (bicyclic) bond motifs is 20. The Morgan fingerprint density at radius 1 is 0.180 bits per heavy atom. The van der Waals surface area contributed by atoms with Crippen LogP contribution in [-0.4, -0.2) is 0 Å². The molecule has 122 heavy (non-hydrogen) atoms. The molecule has 0 amide bonds. The van der Waals surface area contributed by atoms with Crippen LogP contribution < -0.4 is 9.80 Å². The summed E-state index contributed by atoms with van der Waals surface area (Å²) in [5.74, 6) is 0. The zero-order valence-electron chi connectivity index (χ0n) is 69.0. The molecule has 2 aromatic heterocycles. The molecule has 0 atom stereocenters. The van der Waals surface area contributed by atoms with E-state index in [-0.39, 0.29) is 16.2 Å². The van der Waals surface area contributed by atoms with Gasteiger partial charge in [0.15, 0.2) is 0 Å². The van der Waals surface area contributed by atoms with Gasteiger partial charge in [-0.3, -0.25) is 0 Å². The van der Waals surface area contributed by atoms with Gasteiger partial charge in [-0.1, -0.05) is 381 Å². The molecule has 4 heteroatoms. The SMILES string of the molecule is CC1(C)c2ccccc2-c2ccc(N(c3ccc(-c4ccccc4)cc3)c3ccc(-c4cccc5c4sc4c6c(ccc45)C(C)(C)c4ccccc4-6)cc3)cc21.CC1(C)c2ccccc2-c2ccc(N(c3ccc(-c4ccccc4)cc3)c3ccc(-c4cccc5c4sc4c6c(ccc45)C(c4ccccc4)(c4ccccc4)c4ccccc4-6)cc3)cc21. The monoisotopic (exact) mass is 1590 g/mol. The molecule has 4 aliphatic rings. The van der Waals surface area contributed by atoms with Crippen LogP contribution in [0, 0.1) is 0 Å². The van der Waals surface area contributed by atoms with Gasteiger partial charge in [0.1, 0.15) is 0 Å². The summed E-state index contributed by atoms with van der Waals surface area (Å²) >= 11 is 3.89. The van der Waals surface area contributed by atoms with E-state index >= 15 is 0 Å². The van der Waals surface area contributed by atoms with Crippen LogP contribution in [0.4, 0.5) is 34.1 Å². The first kappa shape index (κ1) is 73.2. The highest BCUT2D eigenvalue weighted by Gasteiger charge is 2.48. The second kappa shape index (κ2) is 28.3. The van der Waals surface area contributed by atoms with Crippen LogP contribution >= 0.6 is 22.7 Å². The van der Waals surface area contributed by atoms with E-state index in [1.54, 1.807) is 0 Å². The van der Waals surface area contributed by atoms with Crippen LogP contribution in [0.25, 0.3) is 129 Å². The molecule has 0 N–H and O–H groups in total. The van der Waals surface area contributed by atoms with Gasteiger partial charge in [-0.15, -0.1) is 22.7 Å². The van der Waals surface area contributed by atoms with Crippen LogP contribution in [0.2, 0.25) is 0 Å². The van der Waals surface area contributed by atoms with Gasteiger partial charge in [-0.2, -0.15) is 0 Å². The molecule has 4 aliphatic carbocycles. The summed E-state index contributed by atoms with van der Waals surface area (Å²) in [5, 5.41) is 5.29. The van der Waals surface area contributed by atoms with Crippen molar-refractivity contribution in [2.24, 2.45) is 0 Å². The van der Waals surface area contributed by atoms with E-state index in [2.05, 4.69) is 464 Å². The standard InChI is InChI=1S/C64H45NS.C54H41NS/c1-63(2)56-27-14-12-23-51(56)52-38-37-49(41-59(52)63)65(47-33-29-43(30-34-47)42-17-6-3-7-18-42)48-35-31-44(32-36-48)50-25-16-26-53-54-39-40-58-60(62(54)66-61(50)53)55-24-13-15-28-57(55)64(58,45-19-8-4-9-20-45)46-21-10-5-11-22-46;1-53(2)47-20-11-9-16-45(47)50-48(53)32-31-44-43-18-12-17-40(51(43)56-52(44)50)36-23-27-38(28-24-36)55(37-25-21-35(22-26-37)34-13-6-5-7-14-34)39-29-30-42-41-15-8-10-19-46(41)54(3,4)49(42)33-39/h3-41H,1-2H3;5-33H,1-4H3. The third-order valence-electron chi connectivity index (χ3n) is 27.3. The van der Waals surface area contributed by atoms with Gasteiger partial charge in [0.25, 0.3) is 0 Å². The minimum atomic E-state index is -0.427. The molecule has 0 saturated carbocycles. The smallest absolute Gasteiger partial charge is 0.0714 e. The number of benzene rings is 18. The normalized spacial score (nSPS) is 14.1. The van der Waals surface area contributed by atoms with E-state index in [1.807, 2.05) is 22.7 Å². The predicted molar refractivity (Wildman–Crippen MR) is 520 cm³/mol. The molecule has 0 spiro atoms. The van der Waals surface area contributed by atoms with Gasteiger partial charge >= 0.3 is 0 Å². The quantitative estimate of drug-likeness (QED) is 0.120. The Morgan fingerprint density at radius 3 is 0.885 bits per heavy atom. The lowest BCUT2D eigenvalue weighted by atomic mass is 9.68. The van der Waals surface area contributed by atoms with Crippen molar-refractivity contribution in [1.29, 1.82) is 0 Å². The Kier molecular flexibility index (Phi) is 17.0. The van der Waals surface area contributed by atoms with E-state index in [1.165, 1.54) is 185 Å². The summed E-state index contributed by atoms with van der Waals surface area (Å²) in [6.45, 7) is 14.2. The summed E-state index contributed by atoms with van der Waals surface area (Å²) < 4.78 is 5.41. The molecule has 0 bridgehead atoms. The highest BCUT2D eigenvalue weighted by Crippen LogP contribution is 2.62. The lowest BCUT2D eigenvalue weighted by Crippen LogP contribution is -2.28. The fraction of sp³-hybridized carbons (Fsp3) is 0.0847. The second-order valence-electron chi connectivity index (χ2n) is 34.9. The average Bonchev–Trinajstić information content (AvgIpc) is 1.53. The van der Waals surface area contributed by atoms with Crippen molar-refractivity contribution in [1.82, 2.24) is 0 Å². The molecule has 0 saturated heterocycles. The van der Waals surface area contributed by atoms with E-state index in [0.29, 0.717) is 0 Å². The van der Waals surface area contributed by atoms with E-state index < -0.39 is 5.41 Å². The first-order valence-corrected chi connectivity index (χ1v) is 44.3. The van der Waals surface area contributed by atoms with Crippen molar-refractivity contribution in [2.75, 3.05) is 9.80 Å². The molecular weight excluding hydrogens is 1510 g/mol. The van der Waals surface area contributed by atoms with Crippen molar-refractivity contribution < 1.29 is 0 Å². The Labute approximate surface area is 721 Å². The van der Waals surface area contributed by atoms with E-state index in [9.17, 15) is 0 Å². The van der Waals surface area contributed by atoms with Crippen LogP contribution in [0.5, 0.6) is 0 Å². The fourth-order valence-corrected chi connectivity index (χ4v) is 24.1. The van der Waals surface area contributed by atoms with Crippen LogP contribution in [0.1, 0.15) is 97.2 Å². The minimum Gasteiger partial charge on any atom is -0.310 e. The second-order valence-corrected chi connectivity index (χ2v) is 36.9. The molecule has 20 aromatic rings. The molecule has 0 unspecified atom stereocenters. The molecule has 0 fully saturated rings. The lowest BCUT2D eigenvalue weighted by molar-refractivity contribution is 0.660. The van der Waals surface area contributed by atoms with Crippen LogP contribution in [0.3, 0.4) is 0 Å². The van der Waals surface area contributed by atoms with Gasteiger partial charge < -0.3 is 9.80 Å². The zero-order valence-corrected chi connectivity index (χ0v) is 70.6. The largest absolute Gasteiger partial charge is 0.310 e. The van der Waals surface area contributed by atoms with E-state index in [4.69, 9.17) is 0 Å². The van der Waals surface area contributed by atoms with Gasteiger partial charge in [0.05, 0.1) is 5.41 Å². The third-order valence-corrected chi connectivity index (χ3v) is 29.8. The fourth-order valence-electron chi connectivity index (χ4n) is 21.3. The minimum absolute atomic E-state index is 0.0126. The first-order valence-electron chi connectivity index (χ1n) is 42.7. The van der Waals surface area contributed by atoms with Crippen LogP contribution in [0.15, 0.2) is 413 Å². The van der Waals surface area contributed by atoms with Crippen LogP contribution in [-0.2, 0) is 21.7 Å². The highest BCUT2D eigenvalue weighted by atomic mass is 32.1. The van der Waals surface area contributed by atoms with Crippen molar-refractivity contribution in [3.05, 3.63) is 468 Å². The third kappa shape index (κ3) is 11.3. The molecular formula is C118H86N2S2. The van der Waals surface area contributed by atoms with Gasteiger partial charge in [-0.25, -0.2) is 0 Å².